The number of pyridine rings is 2. The van der Waals surface area contributed by atoms with Crippen LogP contribution < -0.4 is 16.0 Å². The number of benzene rings is 1. The third kappa shape index (κ3) is 4.54. The summed E-state index contributed by atoms with van der Waals surface area (Å²) in [6.45, 7) is 0.140. The molecule has 0 unspecified atom stereocenters. The van der Waals surface area contributed by atoms with E-state index in [-0.39, 0.29) is 12.5 Å². The first-order valence-electron chi connectivity index (χ1n) is 7.52. The highest BCUT2D eigenvalue weighted by Gasteiger charge is 2.03. The zero-order chi connectivity index (χ0) is 16.6. The Morgan fingerprint density at radius 3 is 2.38 bits per heavy atom. The van der Waals surface area contributed by atoms with Crippen LogP contribution >= 0.6 is 0 Å². The fraction of sp³-hybridized carbons (Fsp3) is 0.0556. The van der Waals surface area contributed by atoms with Gasteiger partial charge in [-0.15, -0.1) is 0 Å². The highest BCUT2D eigenvalue weighted by molar-refractivity contribution is 5.93. The lowest BCUT2D eigenvalue weighted by Crippen LogP contribution is -2.22. The minimum absolute atomic E-state index is 0.140. The van der Waals surface area contributed by atoms with E-state index in [0.717, 1.165) is 5.69 Å². The van der Waals surface area contributed by atoms with Crippen molar-refractivity contribution >= 4 is 28.9 Å². The molecule has 0 spiro atoms. The fourth-order valence-electron chi connectivity index (χ4n) is 2.05. The minimum Gasteiger partial charge on any atom is -0.361 e. The van der Waals surface area contributed by atoms with Gasteiger partial charge in [0.2, 0.25) is 5.91 Å². The summed E-state index contributed by atoms with van der Waals surface area (Å²) < 4.78 is 0. The van der Waals surface area contributed by atoms with E-state index in [1.54, 1.807) is 24.5 Å². The Kier molecular flexibility index (Phi) is 4.99. The van der Waals surface area contributed by atoms with Crippen LogP contribution in [0.15, 0.2) is 73.1 Å². The van der Waals surface area contributed by atoms with Crippen LogP contribution in [0.25, 0.3) is 0 Å². The average Bonchev–Trinajstić information content (AvgIpc) is 2.63. The number of carbonyl (C=O) groups excluding carboxylic acids is 1. The van der Waals surface area contributed by atoms with Crippen molar-refractivity contribution in [3.05, 3.63) is 73.1 Å². The van der Waals surface area contributed by atoms with Crippen LogP contribution in [0.2, 0.25) is 0 Å². The van der Waals surface area contributed by atoms with Gasteiger partial charge in [-0.05, 0) is 36.4 Å². The average molecular weight is 319 g/mol. The first-order valence-corrected chi connectivity index (χ1v) is 7.52. The van der Waals surface area contributed by atoms with Gasteiger partial charge in [0.05, 0.1) is 18.4 Å². The number of carbonyl (C=O) groups is 1. The van der Waals surface area contributed by atoms with Gasteiger partial charge in [-0.25, -0.2) is 9.97 Å². The van der Waals surface area contributed by atoms with Crippen LogP contribution in [0, 0.1) is 0 Å². The first-order chi connectivity index (χ1) is 11.8. The molecular formula is C18H17N5O. The van der Waals surface area contributed by atoms with Crippen LogP contribution in [0.1, 0.15) is 0 Å². The van der Waals surface area contributed by atoms with Gasteiger partial charge in [0.1, 0.15) is 11.6 Å². The maximum atomic E-state index is 11.9. The summed E-state index contributed by atoms with van der Waals surface area (Å²) in [5, 5.41) is 8.92. The molecule has 0 bridgehead atoms. The number of aromatic nitrogens is 2. The van der Waals surface area contributed by atoms with Crippen molar-refractivity contribution in [3.8, 4) is 0 Å². The second kappa shape index (κ2) is 7.73. The molecular weight excluding hydrogens is 302 g/mol. The monoisotopic (exact) mass is 319 g/mol. The van der Waals surface area contributed by atoms with Gasteiger partial charge in [-0.3, -0.25) is 4.79 Å². The molecule has 6 nitrogen and oxygen atoms in total. The van der Waals surface area contributed by atoms with Gasteiger partial charge in [0.25, 0.3) is 0 Å². The Balaban J connectivity index is 1.51. The second-order valence-electron chi connectivity index (χ2n) is 5.04. The Morgan fingerprint density at radius 1 is 0.833 bits per heavy atom. The molecule has 24 heavy (non-hydrogen) atoms. The maximum Gasteiger partial charge on any atom is 0.243 e. The minimum atomic E-state index is -0.161. The van der Waals surface area contributed by atoms with Gasteiger partial charge in [0, 0.05) is 11.9 Å². The van der Waals surface area contributed by atoms with Crippen molar-refractivity contribution in [1.82, 2.24) is 9.97 Å². The van der Waals surface area contributed by atoms with Crippen molar-refractivity contribution in [2.24, 2.45) is 0 Å². The SMILES string of the molecule is O=C(CNc1ccccn1)Nc1ccc(Nc2ccccc2)nc1. The van der Waals surface area contributed by atoms with Crippen molar-refractivity contribution in [2.45, 2.75) is 0 Å². The molecule has 0 atom stereocenters. The molecule has 3 N–H and O–H groups in total. The van der Waals surface area contributed by atoms with Crippen molar-refractivity contribution in [1.29, 1.82) is 0 Å². The van der Waals surface area contributed by atoms with Gasteiger partial charge < -0.3 is 16.0 Å². The van der Waals surface area contributed by atoms with Gasteiger partial charge in [0.15, 0.2) is 0 Å². The number of nitrogens with one attached hydrogen (secondary N) is 3. The quantitative estimate of drug-likeness (QED) is 0.650. The molecule has 2 heterocycles. The normalized spacial score (nSPS) is 10.0. The Hall–Kier alpha value is -3.41. The molecule has 0 aliphatic rings. The predicted octanol–water partition coefficient (Wildman–Crippen LogP) is 3.27. The molecule has 0 aliphatic carbocycles. The van der Waals surface area contributed by atoms with E-state index in [1.165, 1.54) is 0 Å². The molecule has 0 saturated carbocycles. The number of hydrogen-bond acceptors (Lipinski definition) is 5. The molecule has 0 aliphatic heterocycles. The third-order valence-corrected chi connectivity index (χ3v) is 3.19. The van der Waals surface area contributed by atoms with Crippen LogP contribution in [0.4, 0.5) is 23.0 Å². The summed E-state index contributed by atoms with van der Waals surface area (Å²) in [6, 6.07) is 18.9. The zero-order valence-electron chi connectivity index (χ0n) is 12.9. The van der Waals surface area contributed by atoms with Crippen LogP contribution in [-0.4, -0.2) is 22.4 Å². The highest BCUT2D eigenvalue weighted by atomic mass is 16.1. The fourth-order valence-corrected chi connectivity index (χ4v) is 2.05. The second-order valence-corrected chi connectivity index (χ2v) is 5.04. The lowest BCUT2D eigenvalue weighted by Gasteiger charge is -2.08. The molecule has 3 rings (SSSR count). The predicted molar refractivity (Wildman–Crippen MR) is 95.3 cm³/mol. The number of para-hydroxylation sites is 1. The van der Waals surface area contributed by atoms with Crippen molar-refractivity contribution in [2.75, 3.05) is 22.5 Å². The molecule has 0 fully saturated rings. The molecule has 0 radical (unpaired) electrons. The topological polar surface area (TPSA) is 78.9 Å². The molecule has 1 amide bonds. The summed E-state index contributed by atoms with van der Waals surface area (Å²) in [5.74, 6) is 1.21. The number of rotatable bonds is 6. The number of anilines is 4. The molecule has 6 heteroatoms. The Bertz CT molecular complexity index is 776. The van der Waals surface area contributed by atoms with Crippen molar-refractivity contribution in [3.63, 3.8) is 0 Å². The number of hydrogen-bond donors (Lipinski definition) is 3. The lowest BCUT2D eigenvalue weighted by atomic mass is 10.3. The highest BCUT2D eigenvalue weighted by Crippen LogP contribution is 2.15. The molecule has 1 aromatic carbocycles. The van der Waals surface area contributed by atoms with E-state index in [4.69, 9.17) is 0 Å². The molecule has 0 saturated heterocycles. The lowest BCUT2D eigenvalue weighted by molar-refractivity contribution is -0.114. The van der Waals surface area contributed by atoms with Crippen LogP contribution in [-0.2, 0) is 4.79 Å². The van der Waals surface area contributed by atoms with E-state index < -0.39 is 0 Å². The third-order valence-electron chi connectivity index (χ3n) is 3.19. The summed E-state index contributed by atoms with van der Waals surface area (Å²) in [5.41, 5.74) is 1.60. The zero-order valence-corrected chi connectivity index (χ0v) is 12.9. The van der Waals surface area contributed by atoms with E-state index in [9.17, 15) is 4.79 Å². The Labute approximate surface area is 140 Å². The van der Waals surface area contributed by atoms with Gasteiger partial charge >= 0.3 is 0 Å². The van der Waals surface area contributed by atoms with Crippen LogP contribution in [0.5, 0.6) is 0 Å². The van der Waals surface area contributed by atoms with Gasteiger partial charge in [-0.1, -0.05) is 24.3 Å². The summed E-state index contributed by atoms with van der Waals surface area (Å²) in [4.78, 5) is 20.3. The first kappa shape index (κ1) is 15.5. The number of amides is 1. The molecule has 3 aromatic rings. The van der Waals surface area contributed by atoms with Crippen molar-refractivity contribution < 1.29 is 4.79 Å². The standard InChI is InChI=1S/C18H17N5O/c24-18(13-21-16-8-4-5-11-19-16)23-15-9-10-17(20-12-15)22-14-6-2-1-3-7-14/h1-12H,13H2,(H,19,21)(H,20,22)(H,23,24). The van der Waals surface area contributed by atoms with E-state index in [2.05, 4.69) is 25.9 Å². The van der Waals surface area contributed by atoms with E-state index in [0.29, 0.717) is 17.3 Å². The van der Waals surface area contributed by atoms with Gasteiger partial charge in [-0.2, -0.15) is 0 Å². The molecule has 120 valence electrons. The summed E-state index contributed by atoms with van der Waals surface area (Å²) in [6.07, 6.45) is 3.28. The Morgan fingerprint density at radius 2 is 1.67 bits per heavy atom. The van der Waals surface area contributed by atoms with E-state index >= 15 is 0 Å². The number of nitrogens with zero attached hydrogens (tertiary/aromatic N) is 2. The summed E-state index contributed by atoms with van der Waals surface area (Å²) in [7, 11) is 0. The maximum absolute atomic E-state index is 11.9. The van der Waals surface area contributed by atoms with Crippen LogP contribution in [0.3, 0.4) is 0 Å². The molecule has 2 aromatic heterocycles. The smallest absolute Gasteiger partial charge is 0.243 e. The largest absolute Gasteiger partial charge is 0.361 e. The van der Waals surface area contributed by atoms with E-state index in [1.807, 2.05) is 48.5 Å². The summed E-state index contributed by atoms with van der Waals surface area (Å²) >= 11 is 0.